The van der Waals surface area contributed by atoms with E-state index in [1.807, 2.05) is 18.2 Å². The van der Waals surface area contributed by atoms with Gasteiger partial charge in [-0.25, -0.2) is 0 Å². The van der Waals surface area contributed by atoms with Gasteiger partial charge in [-0.2, -0.15) is 5.26 Å². The van der Waals surface area contributed by atoms with Crippen molar-refractivity contribution in [2.24, 2.45) is 0 Å². The lowest BCUT2D eigenvalue weighted by Crippen LogP contribution is -2.09. The van der Waals surface area contributed by atoms with Gasteiger partial charge in [0.2, 0.25) is 0 Å². The molecule has 2 aromatic rings. The molecule has 0 radical (unpaired) electrons. The van der Waals surface area contributed by atoms with E-state index >= 15 is 0 Å². The number of rotatable bonds is 3. The zero-order valence-electron chi connectivity index (χ0n) is 9.27. The largest absolute Gasteiger partial charge is 0.365 e. The maximum absolute atomic E-state index is 9.18. The first kappa shape index (κ1) is 12.9. The summed E-state index contributed by atoms with van der Waals surface area (Å²) in [6, 6.07) is 12.6. The highest BCUT2D eigenvalue weighted by atomic mass is 79.9. The normalized spacial score (nSPS) is 11.6. The molecule has 1 aromatic carbocycles. The molecule has 0 amide bonds. The monoisotopic (exact) mass is 321 g/mol. The fourth-order valence-corrected chi connectivity index (χ4v) is 1.90. The molecule has 5 heteroatoms. The summed E-state index contributed by atoms with van der Waals surface area (Å²) in [6.07, 6.45) is 1.67. The third kappa shape index (κ3) is 3.22. The molecular formula is C13H9BrClN3. The summed E-state index contributed by atoms with van der Waals surface area (Å²) < 4.78 is 0.880. The SMILES string of the molecule is N#CC(Nc1cccc(Cl)c1)c1ccc(Br)cn1. The van der Waals surface area contributed by atoms with E-state index in [9.17, 15) is 5.26 Å². The second-order valence-electron chi connectivity index (χ2n) is 3.62. The molecule has 1 heterocycles. The van der Waals surface area contributed by atoms with Gasteiger partial charge >= 0.3 is 0 Å². The van der Waals surface area contributed by atoms with E-state index in [0.717, 1.165) is 10.2 Å². The third-order valence-corrected chi connectivity index (χ3v) is 3.01. The van der Waals surface area contributed by atoms with Crippen LogP contribution in [-0.2, 0) is 0 Å². The summed E-state index contributed by atoms with van der Waals surface area (Å²) >= 11 is 9.20. The zero-order valence-corrected chi connectivity index (χ0v) is 11.6. The number of pyridine rings is 1. The molecule has 0 spiro atoms. The van der Waals surface area contributed by atoms with Gasteiger partial charge in [0.25, 0.3) is 0 Å². The predicted octanol–water partition coefficient (Wildman–Crippen LogP) is 4.17. The molecule has 0 aliphatic carbocycles. The van der Waals surface area contributed by atoms with Crippen LogP contribution < -0.4 is 5.32 Å². The van der Waals surface area contributed by atoms with Gasteiger partial charge in [0.15, 0.2) is 6.04 Å². The Hall–Kier alpha value is -1.57. The Kier molecular flexibility index (Phi) is 4.19. The van der Waals surface area contributed by atoms with Crippen LogP contribution in [-0.4, -0.2) is 4.98 Å². The van der Waals surface area contributed by atoms with E-state index in [1.165, 1.54) is 0 Å². The number of halogens is 2. The van der Waals surface area contributed by atoms with Gasteiger partial charge in [0.05, 0.1) is 11.8 Å². The lowest BCUT2D eigenvalue weighted by atomic mass is 10.2. The van der Waals surface area contributed by atoms with Gasteiger partial charge in [-0.1, -0.05) is 17.7 Å². The van der Waals surface area contributed by atoms with Crippen LogP contribution in [0.2, 0.25) is 5.02 Å². The van der Waals surface area contributed by atoms with E-state index in [1.54, 1.807) is 24.4 Å². The summed E-state index contributed by atoms with van der Waals surface area (Å²) in [6.45, 7) is 0. The van der Waals surface area contributed by atoms with Crippen molar-refractivity contribution in [3.05, 3.63) is 57.8 Å². The molecule has 0 saturated heterocycles. The maximum atomic E-state index is 9.18. The molecule has 1 unspecified atom stereocenters. The van der Waals surface area contributed by atoms with Crippen LogP contribution >= 0.6 is 27.5 Å². The number of nitrogens with zero attached hydrogens (tertiary/aromatic N) is 2. The molecule has 18 heavy (non-hydrogen) atoms. The average Bonchev–Trinajstić information content (AvgIpc) is 2.37. The minimum absolute atomic E-state index is 0.503. The number of nitriles is 1. The van der Waals surface area contributed by atoms with Crippen molar-refractivity contribution in [3.63, 3.8) is 0 Å². The van der Waals surface area contributed by atoms with Crippen LogP contribution in [0.1, 0.15) is 11.7 Å². The minimum atomic E-state index is -0.503. The molecule has 2 rings (SSSR count). The average molecular weight is 323 g/mol. The molecule has 1 N–H and O–H groups in total. The van der Waals surface area contributed by atoms with Crippen molar-refractivity contribution >= 4 is 33.2 Å². The first-order valence-electron chi connectivity index (χ1n) is 5.22. The van der Waals surface area contributed by atoms with Crippen LogP contribution in [0.25, 0.3) is 0 Å². The Morgan fingerprint density at radius 2 is 2.17 bits per heavy atom. The highest BCUT2D eigenvalue weighted by Gasteiger charge is 2.11. The highest BCUT2D eigenvalue weighted by molar-refractivity contribution is 9.10. The Balaban J connectivity index is 2.20. The second kappa shape index (κ2) is 5.85. The van der Waals surface area contributed by atoms with Crippen molar-refractivity contribution in [2.75, 3.05) is 5.32 Å². The van der Waals surface area contributed by atoms with Crippen molar-refractivity contribution in [1.82, 2.24) is 4.98 Å². The van der Waals surface area contributed by atoms with Crippen molar-refractivity contribution in [2.45, 2.75) is 6.04 Å². The maximum Gasteiger partial charge on any atom is 0.157 e. The van der Waals surface area contributed by atoms with Gasteiger partial charge in [-0.3, -0.25) is 4.98 Å². The smallest absolute Gasteiger partial charge is 0.157 e. The van der Waals surface area contributed by atoms with Crippen LogP contribution in [0.4, 0.5) is 5.69 Å². The van der Waals surface area contributed by atoms with Gasteiger partial charge in [0.1, 0.15) is 0 Å². The zero-order chi connectivity index (χ0) is 13.0. The molecule has 90 valence electrons. The van der Waals surface area contributed by atoms with Gasteiger partial charge in [-0.15, -0.1) is 0 Å². The van der Waals surface area contributed by atoms with E-state index < -0.39 is 6.04 Å². The fraction of sp³-hybridized carbons (Fsp3) is 0.0769. The standard InChI is InChI=1S/C13H9BrClN3/c14-9-4-5-12(17-8-9)13(7-16)18-11-3-1-2-10(15)6-11/h1-6,8,13,18H. The third-order valence-electron chi connectivity index (χ3n) is 2.31. The van der Waals surface area contributed by atoms with Gasteiger partial charge in [-0.05, 0) is 46.3 Å². The van der Waals surface area contributed by atoms with Gasteiger partial charge < -0.3 is 5.32 Å². The fourth-order valence-electron chi connectivity index (χ4n) is 1.48. The predicted molar refractivity (Wildman–Crippen MR) is 75.4 cm³/mol. The second-order valence-corrected chi connectivity index (χ2v) is 4.97. The van der Waals surface area contributed by atoms with E-state index in [0.29, 0.717) is 10.7 Å². The topological polar surface area (TPSA) is 48.7 Å². The van der Waals surface area contributed by atoms with Crippen molar-refractivity contribution in [1.29, 1.82) is 5.26 Å². The Morgan fingerprint density at radius 1 is 1.33 bits per heavy atom. The lowest BCUT2D eigenvalue weighted by molar-refractivity contribution is 0.932. The molecule has 0 bridgehead atoms. The molecular weight excluding hydrogens is 314 g/mol. The number of anilines is 1. The Morgan fingerprint density at radius 3 is 2.78 bits per heavy atom. The van der Waals surface area contributed by atoms with Crippen molar-refractivity contribution < 1.29 is 0 Å². The molecule has 3 nitrogen and oxygen atoms in total. The molecule has 1 aromatic heterocycles. The van der Waals surface area contributed by atoms with E-state index in [4.69, 9.17) is 11.6 Å². The molecule has 0 saturated carbocycles. The van der Waals surface area contributed by atoms with Crippen LogP contribution in [0.3, 0.4) is 0 Å². The number of nitrogens with one attached hydrogen (secondary N) is 1. The minimum Gasteiger partial charge on any atom is -0.365 e. The summed E-state index contributed by atoms with van der Waals surface area (Å²) in [5.74, 6) is 0. The van der Waals surface area contributed by atoms with Gasteiger partial charge in [0, 0.05) is 21.4 Å². The molecule has 0 aliphatic heterocycles. The summed E-state index contributed by atoms with van der Waals surface area (Å²) in [7, 11) is 0. The van der Waals surface area contributed by atoms with E-state index in [2.05, 4.69) is 32.3 Å². The molecule has 0 fully saturated rings. The lowest BCUT2D eigenvalue weighted by Gasteiger charge is -2.12. The molecule has 0 aliphatic rings. The quantitative estimate of drug-likeness (QED) is 0.922. The first-order chi connectivity index (χ1) is 8.69. The number of hydrogen-bond acceptors (Lipinski definition) is 3. The summed E-state index contributed by atoms with van der Waals surface area (Å²) in [5.41, 5.74) is 1.46. The van der Waals surface area contributed by atoms with E-state index in [-0.39, 0.29) is 0 Å². The number of benzene rings is 1. The van der Waals surface area contributed by atoms with Crippen molar-refractivity contribution in [3.8, 4) is 6.07 Å². The summed E-state index contributed by atoms with van der Waals surface area (Å²) in [4.78, 5) is 4.20. The summed E-state index contributed by atoms with van der Waals surface area (Å²) in [5, 5.41) is 12.9. The Labute approximate surface area is 119 Å². The Bertz CT molecular complexity index is 578. The van der Waals surface area contributed by atoms with Crippen LogP contribution in [0.15, 0.2) is 47.1 Å². The number of aromatic nitrogens is 1. The molecule has 1 atom stereocenters. The number of hydrogen-bond donors (Lipinski definition) is 1. The first-order valence-corrected chi connectivity index (χ1v) is 6.39. The highest BCUT2D eigenvalue weighted by Crippen LogP contribution is 2.21. The van der Waals surface area contributed by atoms with Crippen LogP contribution in [0.5, 0.6) is 0 Å². The van der Waals surface area contributed by atoms with Crippen LogP contribution in [0, 0.1) is 11.3 Å².